The predicted octanol–water partition coefficient (Wildman–Crippen LogP) is 3.54. The lowest BCUT2D eigenvalue weighted by molar-refractivity contribution is 0.548. The van der Waals surface area contributed by atoms with E-state index in [4.69, 9.17) is 23.2 Å². The fourth-order valence-corrected chi connectivity index (χ4v) is 2.32. The first kappa shape index (κ1) is 10.2. The minimum Gasteiger partial charge on any atom is -0.137 e. The molecule has 1 aliphatic carbocycles. The van der Waals surface area contributed by atoms with Crippen LogP contribution in [-0.4, -0.2) is 10.2 Å². The molecule has 1 saturated carbocycles. The lowest BCUT2D eigenvalue weighted by atomic mass is 10.0. The SMILES string of the molecule is CC(C)C1CC1c1cc(Cl)nnc1Cl. The second-order valence-corrected chi connectivity index (χ2v) is 4.91. The Hall–Kier alpha value is -0.340. The topological polar surface area (TPSA) is 25.8 Å². The van der Waals surface area contributed by atoms with E-state index in [0.717, 1.165) is 11.5 Å². The fraction of sp³-hybridized carbons (Fsp3) is 0.600. The zero-order valence-electron chi connectivity index (χ0n) is 8.17. The normalized spacial score (nSPS) is 25.5. The summed E-state index contributed by atoms with van der Waals surface area (Å²) in [5.41, 5.74) is 1.06. The molecular weight excluding hydrogens is 219 g/mol. The van der Waals surface area contributed by atoms with Gasteiger partial charge in [-0.05, 0) is 35.8 Å². The van der Waals surface area contributed by atoms with Crippen molar-refractivity contribution >= 4 is 23.2 Å². The smallest absolute Gasteiger partial charge is 0.137 e. The molecule has 0 saturated heterocycles. The summed E-state index contributed by atoms with van der Waals surface area (Å²) < 4.78 is 0. The summed E-state index contributed by atoms with van der Waals surface area (Å²) >= 11 is 11.8. The summed E-state index contributed by atoms with van der Waals surface area (Å²) in [6.07, 6.45) is 1.19. The Morgan fingerprint density at radius 1 is 1.36 bits per heavy atom. The first-order chi connectivity index (χ1) is 6.59. The van der Waals surface area contributed by atoms with Crippen LogP contribution in [0.15, 0.2) is 6.07 Å². The molecule has 0 aromatic carbocycles. The molecule has 0 radical (unpaired) electrons. The Kier molecular flexibility index (Phi) is 2.67. The molecule has 1 fully saturated rings. The van der Waals surface area contributed by atoms with E-state index in [1.54, 1.807) is 0 Å². The van der Waals surface area contributed by atoms with Crippen LogP contribution in [0.25, 0.3) is 0 Å². The average Bonchev–Trinajstić information content (AvgIpc) is 2.88. The molecule has 2 atom stereocenters. The van der Waals surface area contributed by atoms with E-state index in [2.05, 4.69) is 24.0 Å². The maximum atomic E-state index is 5.97. The van der Waals surface area contributed by atoms with Crippen LogP contribution >= 0.6 is 23.2 Å². The maximum absolute atomic E-state index is 5.97. The van der Waals surface area contributed by atoms with Crippen molar-refractivity contribution in [2.75, 3.05) is 0 Å². The summed E-state index contributed by atoms with van der Waals surface area (Å²) in [4.78, 5) is 0. The van der Waals surface area contributed by atoms with Crippen molar-refractivity contribution < 1.29 is 0 Å². The Labute approximate surface area is 93.6 Å². The second kappa shape index (κ2) is 3.67. The standard InChI is InChI=1S/C10H12Cl2N2/c1-5(2)6-3-7(6)8-4-9(11)13-14-10(8)12/h4-7H,3H2,1-2H3. The number of hydrogen-bond acceptors (Lipinski definition) is 2. The highest BCUT2D eigenvalue weighted by atomic mass is 35.5. The molecule has 2 rings (SSSR count). The van der Waals surface area contributed by atoms with Crippen LogP contribution in [0.2, 0.25) is 10.3 Å². The molecule has 0 spiro atoms. The Morgan fingerprint density at radius 2 is 2.07 bits per heavy atom. The molecule has 1 aliphatic rings. The summed E-state index contributed by atoms with van der Waals surface area (Å²) in [6, 6.07) is 1.84. The molecule has 4 heteroatoms. The van der Waals surface area contributed by atoms with Gasteiger partial charge in [-0.25, -0.2) is 0 Å². The average molecular weight is 231 g/mol. The Balaban J connectivity index is 2.22. The van der Waals surface area contributed by atoms with Crippen LogP contribution in [0.5, 0.6) is 0 Å². The molecule has 0 aliphatic heterocycles. The largest absolute Gasteiger partial charge is 0.155 e. The minimum atomic E-state index is 0.429. The van der Waals surface area contributed by atoms with Crippen LogP contribution in [0.3, 0.4) is 0 Å². The lowest BCUT2D eigenvalue weighted by Crippen LogP contribution is -1.95. The Morgan fingerprint density at radius 3 is 2.64 bits per heavy atom. The summed E-state index contributed by atoms with van der Waals surface area (Å²) in [5.74, 6) is 1.96. The van der Waals surface area contributed by atoms with Crippen molar-refractivity contribution in [1.29, 1.82) is 0 Å². The van der Waals surface area contributed by atoms with Gasteiger partial charge in [-0.3, -0.25) is 0 Å². The van der Waals surface area contributed by atoms with Gasteiger partial charge in [0.1, 0.15) is 0 Å². The van der Waals surface area contributed by atoms with Crippen molar-refractivity contribution in [3.8, 4) is 0 Å². The van der Waals surface area contributed by atoms with Gasteiger partial charge >= 0.3 is 0 Å². The first-order valence-electron chi connectivity index (χ1n) is 4.78. The van der Waals surface area contributed by atoms with Gasteiger partial charge in [0, 0.05) is 0 Å². The van der Waals surface area contributed by atoms with Gasteiger partial charge in [0.15, 0.2) is 10.3 Å². The quantitative estimate of drug-likeness (QED) is 0.777. The molecule has 0 N–H and O–H groups in total. The van der Waals surface area contributed by atoms with E-state index in [-0.39, 0.29) is 0 Å². The minimum absolute atomic E-state index is 0.429. The monoisotopic (exact) mass is 230 g/mol. The van der Waals surface area contributed by atoms with Crippen molar-refractivity contribution in [3.05, 3.63) is 21.9 Å². The lowest BCUT2D eigenvalue weighted by Gasteiger charge is -2.04. The predicted molar refractivity (Wildman–Crippen MR) is 57.7 cm³/mol. The highest BCUT2D eigenvalue weighted by Crippen LogP contribution is 2.53. The second-order valence-electron chi connectivity index (χ2n) is 4.16. The molecule has 0 amide bonds. The molecule has 1 aromatic rings. The van der Waals surface area contributed by atoms with E-state index in [1.807, 2.05) is 6.07 Å². The van der Waals surface area contributed by atoms with Gasteiger partial charge in [0.05, 0.1) is 0 Å². The first-order valence-corrected chi connectivity index (χ1v) is 5.53. The third-order valence-corrected chi connectivity index (χ3v) is 3.32. The van der Waals surface area contributed by atoms with E-state index in [1.165, 1.54) is 6.42 Å². The van der Waals surface area contributed by atoms with Gasteiger partial charge in [-0.2, -0.15) is 0 Å². The highest BCUT2D eigenvalue weighted by molar-refractivity contribution is 6.31. The molecule has 76 valence electrons. The molecular formula is C10H12Cl2N2. The third-order valence-electron chi connectivity index (χ3n) is 2.84. The number of rotatable bonds is 2. The van der Waals surface area contributed by atoms with Gasteiger partial charge in [-0.1, -0.05) is 37.0 Å². The number of hydrogen-bond donors (Lipinski definition) is 0. The molecule has 0 bridgehead atoms. The van der Waals surface area contributed by atoms with E-state index >= 15 is 0 Å². The number of halogens is 2. The van der Waals surface area contributed by atoms with Crippen molar-refractivity contribution in [1.82, 2.24) is 10.2 Å². The van der Waals surface area contributed by atoms with Crippen molar-refractivity contribution in [2.24, 2.45) is 11.8 Å². The highest BCUT2D eigenvalue weighted by Gasteiger charge is 2.41. The molecule has 2 nitrogen and oxygen atoms in total. The Bertz CT molecular complexity index is 352. The molecule has 2 unspecified atom stereocenters. The van der Waals surface area contributed by atoms with Crippen LogP contribution in [-0.2, 0) is 0 Å². The zero-order valence-corrected chi connectivity index (χ0v) is 9.68. The summed E-state index contributed by atoms with van der Waals surface area (Å²) in [6.45, 7) is 4.46. The van der Waals surface area contributed by atoms with Crippen LogP contribution in [0, 0.1) is 11.8 Å². The van der Waals surface area contributed by atoms with E-state index < -0.39 is 0 Å². The van der Waals surface area contributed by atoms with Crippen molar-refractivity contribution in [3.63, 3.8) is 0 Å². The van der Waals surface area contributed by atoms with Crippen LogP contribution in [0.4, 0.5) is 0 Å². The van der Waals surface area contributed by atoms with Crippen LogP contribution in [0.1, 0.15) is 31.7 Å². The fourth-order valence-electron chi connectivity index (χ4n) is 1.94. The molecule has 14 heavy (non-hydrogen) atoms. The maximum Gasteiger partial charge on any atom is 0.155 e. The van der Waals surface area contributed by atoms with Gasteiger partial charge in [0.25, 0.3) is 0 Å². The van der Waals surface area contributed by atoms with Gasteiger partial charge in [-0.15, -0.1) is 10.2 Å². The van der Waals surface area contributed by atoms with E-state index in [9.17, 15) is 0 Å². The zero-order chi connectivity index (χ0) is 10.3. The van der Waals surface area contributed by atoms with Crippen molar-refractivity contribution in [2.45, 2.75) is 26.2 Å². The molecule has 1 heterocycles. The van der Waals surface area contributed by atoms with Crippen LogP contribution < -0.4 is 0 Å². The number of nitrogens with zero attached hydrogens (tertiary/aromatic N) is 2. The number of aromatic nitrogens is 2. The van der Waals surface area contributed by atoms with Gasteiger partial charge in [0.2, 0.25) is 0 Å². The molecule has 1 aromatic heterocycles. The third kappa shape index (κ3) is 1.86. The van der Waals surface area contributed by atoms with Gasteiger partial charge < -0.3 is 0 Å². The summed E-state index contributed by atoms with van der Waals surface area (Å²) in [5, 5.41) is 8.45. The summed E-state index contributed by atoms with van der Waals surface area (Å²) in [7, 11) is 0. The van der Waals surface area contributed by atoms with E-state index in [0.29, 0.717) is 22.1 Å².